The standard InChI is InChI=1S/C40H59N5O7.C40H61N5O6/c1-21(2)13-32(37(41)48)43-38(49)26-14-25(15-28(16-26)44(7)8)29-12-10-11-24(36(29)51-9)19-45-35(34(23(4)47)33(20-46)52-45)39(50)42-31-18-27-17-30(22(31)3)40(27,5)6;1-22(2)13-30(20-44(7)8)42-38(48)27-14-26(15-29(41)16-27)31-12-10-11-25(37(31)50-9)19-45-36(35(24(4)47)34(21-46)51-45)39(49)43-33-18-28-17-32(23(33)3)40(28,5)6/h10-12,14-16,21-23,27,30-35,46-47H,13,17-20H2,1-9H3,(H2,41,48)(H,42,50)(H,43,49);10-12,14-16,22-24,28,30,32-36,46-47H,13,17-21,41H2,1-9H3,(H,42,48)(H,43,49)/t22-,23-,27+,30-,31-,32?,33-,34-,35-;23-,24-,28+,30+,32-,33-,34-,35+,36-/m00/s1. The number of nitrogens with two attached hydrogens (primary N) is 2. The number of likely N-dealkylation sites (N-methyl/N-ethyl adjacent to an activating group) is 1. The molecule has 0 aromatic heterocycles. The number of carbonyl (C=O) groups is 5. The van der Waals surface area contributed by atoms with Crippen LogP contribution in [-0.2, 0) is 37.1 Å². The number of para-hydroxylation sites is 2. The van der Waals surface area contributed by atoms with E-state index in [0.717, 1.165) is 42.6 Å². The molecule has 0 spiro atoms. The normalized spacial score (nSPS) is 28.0. The highest BCUT2D eigenvalue weighted by Gasteiger charge is 2.59. The van der Waals surface area contributed by atoms with Gasteiger partial charge in [0.25, 0.3) is 11.8 Å². The monoisotopic (exact) mass is 1430 g/mol. The number of hydrogen-bond acceptors (Lipinski definition) is 18. The number of nitrogens with one attached hydrogen (secondary N) is 4. The molecule has 5 amide bonds. The number of ether oxygens (including phenoxy) is 2. The molecule has 568 valence electrons. The molecule has 12 rings (SSSR count). The number of nitrogens with zero attached hydrogens (tertiary/aromatic N) is 4. The molecular formula is C80H120N10O13. The minimum absolute atomic E-state index is 0.0193. The maximum absolute atomic E-state index is 14.2. The third-order valence-electron chi connectivity index (χ3n) is 23.9. The third kappa shape index (κ3) is 17.5. The third-order valence-corrected chi connectivity index (χ3v) is 23.9. The summed E-state index contributed by atoms with van der Waals surface area (Å²) in [5.41, 5.74) is 18.9. The maximum Gasteiger partial charge on any atom is 0.252 e. The lowest BCUT2D eigenvalue weighted by Crippen LogP contribution is -2.62. The number of aliphatic hydroxyl groups is 4. The van der Waals surface area contributed by atoms with Crippen molar-refractivity contribution in [1.82, 2.24) is 36.3 Å². The van der Waals surface area contributed by atoms with Crippen LogP contribution in [0.2, 0.25) is 0 Å². The van der Waals surface area contributed by atoms with Crippen molar-refractivity contribution in [2.24, 2.45) is 75.7 Å². The van der Waals surface area contributed by atoms with Crippen molar-refractivity contribution >= 4 is 40.9 Å². The molecule has 12 N–H and O–H groups in total. The molecule has 23 nitrogen and oxygen atoms in total. The molecule has 6 aliphatic carbocycles. The highest BCUT2D eigenvalue weighted by atomic mass is 16.7. The van der Waals surface area contributed by atoms with Gasteiger partial charge in [0.05, 0.1) is 52.7 Å². The van der Waals surface area contributed by atoms with Gasteiger partial charge < -0.3 is 72.4 Å². The summed E-state index contributed by atoms with van der Waals surface area (Å²) in [6, 6.07) is 19.7. The van der Waals surface area contributed by atoms with Crippen LogP contribution in [0.3, 0.4) is 0 Å². The summed E-state index contributed by atoms with van der Waals surface area (Å²) in [6.45, 7) is 25.5. The minimum atomic E-state index is -0.921. The Bertz CT molecular complexity index is 3630. The van der Waals surface area contributed by atoms with Crippen molar-refractivity contribution in [2.45, 2.75) is 195 Å². The van der Waals surface area contributed by atoms with E-state index in [0.29, 0.717) is 98.4 Å². The second-order valence-corrected chi connectivity index (χ2v) is 33.1. The molecule has 0 radical (unpaired) electrons. The Hall–Kier alpha value is -6.93. The Kier molecular flexibility index (Phi) is 25.9. The van der Waals surface area contributed by atoms with Gasteiger partial charge in [-0.05, 0) is 172 Å². The van der Waals surface area contributed by atoms with Gasteiger partial charge >= 0.3 is 0 Å². The second kappa shape index (κ2) is 33.2. The van der Waals surface area contributed by atoms with E-state index >= 15 is 0 Å². The molecule has 2 saturated heterocycles. The largest absolute Gasteiger partial charge is 0.496 e. The Morgan fingerprint density at radius 3 is 1.44 bits per heavy atom. The van der Waals surface area contributed by atoms with Gasteiger partial charge in [-0.15, -0.1) is 0 Å². The van der Waals surface area contributed by atoms with Crippen molar-refractivity contribution < 1.29 is 63.5 Å². The highest BCUT2D eigenvalue weighted by Crippen LogP contribution is 2.62. The van der Waals surface area contributed by atoms with Crippen LogP contribution in [0.1, 0.15) is 153 Å². The Morgan fingerprint density at radius 2 is 1.06 bits per heavy atom. The number of primary amides is 1. The van der Waals surface area contributed by atoms with E-state index in [2.05, 4.69) is 81.6 Å². The van der Waals surface area contributed by atoms with Gasteiger partial charge in [0, 0.05) is 95.4 Å². The number of carbonyl (C=O) groups excluding carboxylic acids is 5. The van der Waals surface area contributed by atoms with Crippen molar-refractivity contribution in [3.63, 3.8) is 0 Å². The highest BCUT2D eigenvalue weighted by molar-refractivity contribution is 6.00. The van der Waals surface area contributed by atoms with E-state index in [1.54, 1.807) is 56.4 Å². The fourth-order valence-electron chi connectivity index (χ4n) is 18.2. The molecule has 4 bridgehead atoms. The number of fused-ring (bicyclic) bond motifs is 4. The quantitative estimate of drug-likeness (QED) is 0.0241. The number of methoxy groups -OCH3 is 2. The number of anilines is 2. The molecule has 8 fully saturated rings. The lowest BCUT2D eigenvalue weighted by molar-refractivity contribution is -0.183. The number of rotatable bonds is 28. The lowest BCUT2D eigenvalue weighted by atomic mass is 9.45. The summed E-state index contributed by atoms with van der Waals surface area (Å²) < 4.78 is 12.0. The van der Waals surface area contributed by atoms with Gasteiger partial charge in [-0.2, -0.15) is 10.1 Å². The number of amides is 5. The van der Waals surface area contributed by atoms with E-state index in [4.69, 9.17) is 30.6 Å². The predicted octanol–water partition coefficient (Wildman–Crippen LogP) is 8.03. The number of benzene rings is 4. The van der Waals surface area contributed by atoms with Crippen LogP contribution in [0.25, 0.3) is 22.3 Å². The Morgan fingerprint density at radius 1 is 0.621 bits per heavy atom. The van der Waals surface area contributed by atoms with Crippen LogP contribution < -0.4 is 47.1 Å². The average molecular weight is 1430 g/mol. The first-order valence-corrected chi connectivity index (χ1v) is 37.2. The van der Waals surface area contributed by atoms with Crippen molar-refractivity contribution in [1.29, 1.82) is 0 Å². The van der Waals surface area contributed by atoms with Gasteiger partial charge in [-0.25, -0.2) is 0 Å². The molecule has 8 aliphatic rings. The zero-order valence-electron chi connectivity index (χ0n) is 64.2. The number of hydroxylamine groups is 4. The van der Waals surface area contributed by atoms with Gasteiger partial charge in [-0.3, -0.25) is 33.6 Å². The average Bonchev–Trinajstić information content (AvgIpc) is 1.66. The first kappa shape index (κ1) is 80.2. The van der Waals surface area contributed by atoms with Crippen LogP contribution >= 0.6 is 0 Å². The Balaban J connectivity index is 0.000000239. The van der Waals surface area contributed by atoms with E-state index in [-0.39, 0.29) is 78.9 Å². The summed E-state index contributed by atoms with van der Waals surface area (Å²) >= 11 is 0. The van der Waals surface area contributed by atoms with Crippen LogP contribution in [-0.4, -0.2) is 188 Å². The summed E-state index contributed by atoms with van der Waals surface area (Å²) in [7, 11) is 10.9. The minimum Gasteiger partial charge on any atom is -0.496 e. The summed E-state index contributed by atoms with van der Waals surface area (Å²) in [5, 5.41) is 58.2. The van der Waals surface area contributed by atoms with E-state index in [1.807, 2.05) is 102 Å². The summed E-state index contributed by atoms with van der Waals surface area (Å²) in [6.07, 6.45) is 2.13. The van der Waals surface area contributed by atoms with Crippen LogP contribution in [0.15, 0.2) is 72.8 Å². The van der Waals surface area contributed by atoms with E-state index < -0.39 is 66.2 Å². The van der Waals surface area contributed by atoms with Gasteiger partial charge in [0.15, 0.2) is 0 Å². The second-order valence-electron chi connectivity index (χ2n) is 33.1. The molecule has 1 unspecified atom stereocenters. The predicted molar refractivity (Wildman–Crippen MR) is 400 cm³/mol. The van der Waals surface area contributed by atoms with Gasteiger partial charge in [0.2, 0.25) is 17.7 Å². The smallest absolute Gasteiger partial charge is 0.252 e. The van der Waals surface area contributed by atoms with Gasteiger partial charge in [0.1, 0.15) is 41.8 Å². The fourth-order valence-corrected chi connectivity index (χ4v) is 18.2. The molecule has 18 atom stereocenters. The SMILES string of the molecule is COc1c(CN2O[C@@H](CO)[C@@H]([C@H](C)O)[C@H]2C(=O)N[C@H]2C[C@H]3C[C@@H]([C@@H]2C)C3(C)C)cccc1-c1cc(N)cc(C(=O)N[C@H](CC(C)C)CN(C)C)c1.COc1c(CN2O[C@@H](CO)[C@H]([C@H](C)O)[C@H]2C(=O)N[C@H]2C[C@H]3C[C@@H]([C@@H]2C)C3(C)C)cccc1-c1cc(C(=O)NC(CC(C)C)C(N)=O)cc(N(C)C)c1. The fraction of sp³-hybridized carbons (Fsp3) is 0.637. The molecular weight excluding hydrogens is 1310 g/mol. The molecule has 103 heavy (non-hydrogen) atoms. The first-order chi connectivity index (χ1) is 48.5. The maximum atomic E-state index is 14.2. The number of aliphatic hydroxyl groups excluding tert-OH is 4. The molecule has 2 heterocycles. The molecule has 4 aromatic carbocycles. The van der Waals surface area contributed by atoms with Crippen LogP contribution in [0, 0.1) is 70.0 Å². The van der Waals surface area contributed by atoms with E-state index in [9.17, 15) is 44.4 Å². The summed E-state index contributed by atoms with van der Waals surface area (Å²) in [5.74, 6) is 1.56. The number of nitrogen functional groups attached to an aromatic ring is 1. The van der Waals surface area contributed by atoms with Crippen LogP contribution in [0.4, 0.5) is 11.4 Å². The zero-order valence-corrected chi connectivity index (χ0v) is 64.2. The molecule has 2 aliphatic heterocycles. The topological polar surface area (TPSA) is 316 Å². The van der Waals surface area contributed by atoms with Crippen molar-refractivity contribution in [2.75, 3.05) is 72.8 Å². The zero-order chi connectivity index (χ0) is 75.6. The number of hydrogen-bond donors (Lipinski definition) is 10. The van der Waals surface area contributed by atoms with Gasteiger partial charge in [-0.1, -0.05) is 106 Å². The first-order valence-electron chi connectivity index (χ1n) is 37.2. The van der Waals surface area contributed by atoms with Crippen LogP contribution in [0.5, 0.6) is 11.5 Å². The molecule has 6 saturated carbocycles. The summed E-state index contributed by atoms with van der Waals surface area (Å²) in [4.78, 5) is 84.1. The van der Waals surface area contributed by atoms with Crippen molar-refractivity contribution in [3.05, 3.63) is 95.1 Å². The van der Waals surface area contributed by atoms with E-state index in [1.165, 1.54) is 12.8 Å². The van der Waals surface area contributed by atoms with Crippen molar-refractivity contribution in [3.8, 4) is 33.8 Å². The lowest BCUT2D eigenvalue weighted by Gasteiger charge is -2.62. The Labute approximate surface area is 610 Å². The molecule has 4 aromatic rings. The molecule has 23 heteroatoms.